The van der Waals surface area contributed by atoms with Crippen molar-refractivity contribution >= 4 is 10.0 Å². The van der Waals surface area contributed by atoms with E-state index in [1.165, 1.54) is 0 Å². The minimum Gasteiger partial charge on any atom is -0.395 e. The third-order valence-corrected chi connectivity index (χ3v) is 4.27. The normalized spacial score (nSPS) is 12.1. The third-order valence-electron chi connectivity index (χ3n) is 2.33. The molecule has 1 aromatic carbocycles. The van der Waals surface area contributed by atoms with Crippen LogP contribution in [-0.4, -0.2) is 37.5 Å². The molecule has 0 aromatic heterocycles. The van der Waals surface area contributed by atoms with E-state index >= 15 is 0 Å². The number of hydrogen-bond donors (Lipinski definition) is 1. The Labute approximate surface area is 105 Å². The van der Waals surface area contributed by atoms with Crippen molar-refractivity contribution in [1.82, 2.24) is 4.31 Å². The van der Waals surface area contributed by atoms with Gasteiger partial charge in [0.2, 0.25) is 10.0 Å². The molecular weight excluding hydrogens is 264 g/mol. The van der Waals surface area contributed by atoms with E-state index in [2.05, 4.69) is 0 Å². The lowest BCUT2D eigenvalue weighted by Gasteiger charge is -2.20. The smallest absolute Gasteiger partial charge is 0.246 e. The summed E-state index contributed by atoms with van der Waals surface area (Å²) in [5.74, 6) is -1.97. The van der Waals surface area contributed by atoms with Crippen molar-refractivity contribution in [2.24, 2.45) is 0 Å². The maximum absolute atomic E-state index is 13.5. The van der Waals surface area contributed by atoms with E-state index in [-0.39, 0.29) is 19.7 Å². The molecule has 4 nitrogen and oxygen atoms in total. The number of sulfonamides is 1. The first-order chi connectivity index (χ1) is 8.43. The molecule has 0 aliphatic carbocycles. The number of hydrogen-bond acceptors (Lipinski definition) is 3. The molecule has 0 saturated carbocycles. The number of aliphatic hydroxyl groups is 1. The van der Waals surface area contributed by atoms with Crippen LogP contribution in [0.3, 0.4) is 0 Å². The van der Waals surface area contributed by atoms with Gasteiger partial charge in [0.05, 0.1) is 6.61 Å². The second-order valence-corrected chi connectivity index (χ2v) is 5.61. The predicted octanol–water partition coefficient (Wildman–Crippen LogP) is 1.36. The van der Waals surface area contributed by atoms with E-state index in [1.807, 2.05) is 0 Å². The Hall–Kier alpha value is -1.05. The van der Waals surface area contributed by atoms with E-state index in [0.29, 0.717) is 12.5 Å². The summed E-state index contributed by atoms with van der Waals surface area (Å²) in [5.41, 5.74) is 0. The van der Waals surface area contributed by atoms with Crippen molar-refractivity contribution in [3.05, 3.63) is 29.8 Å². The van der Waals surface area contributed by atoms with Crippen LogP contribution in [0, 0.1) is 11.6 Å². The fourth-order valence-electron chi connectivity index (χ4n) is 1.54. The van der Waals surface area contributed by atoms with E-state index in [1.54, 1.807) is 6.92 Å². The minimum atomic E-state index is -4.04. The molecule has 1 rings (SSSR count). The van der Waals surface area contributed by atoms with Gasteiger partial charge >= 0.3 is 0 Å². The number of halogens is 2. The lowest BCUT2D eigenvalue weighted by Crippen LogP contribution is -2.34. The molecule has 0 aliphatic heterocycles. The monoisotopic (exact) mass is 279 g/mol. The molecular formula is C11H15F2NO3S. The maximum Gasteiger partial charge on any atom is 0.246 e. The van der Waals surface area contributed by atoms with Crippen LogP contribution in [0.2, 0.25) is 0 Å². The van der Waals surface area contributed by atoms with Crippen LogP contribution in [0.5, 0.6) is 0 Å². The van der Waals surface area contributed by atoms with Gasteiger partial charge in [0.1, 0.15) is 16.5 Å². The standard InChI is InChI=1S/C11H15F2NO3S/c1-2-5-14(6-7-15)18(16,17)11-4-3-9(12)8-10(11)13/h3-4,8,15H,2,5-7H2,1H3. The summed E-state index contributed by atoms with van der Waals surface area (Å²) in [6.45, 7) is 1.45. The van der Waals surface area contributed by atoms with E-state index in [0.717, 1.165) is 16.4 Å². The van der Waals surface area contributed by atoms with Gasteiger partial charge in [-0.05, 0) is 18.6 Å². The van der Waals surface area contributed by atoms with Crippen LogP contribution in [-0.2, 0) is 10.0 Å². The maximum atomic E-state index is 13.5. The first kappa shape index (κ1) is 15.0. The highest BCUT2D eigenvalue weighted by atomic mass is 32.2. The Morgan fingerprint density at radius 2 is 1.94 bits per heavy atom. The van der Waals surface area contributed by atoms with Crippen molar-refractivity contribution in [3.8, 4) is 0 Å². The second kappa shape index (κ2) is 6.21. The van der Waals surface area contributed by atoms with Gasteiger partial charge in [0.15, 0.2) is 0 Å². The number of benzene rings is 1. The van der Waals surface area contributed by atoms with Gasteiger partial charge in [-0.2, -0.15) is 4.31 Å². The average Bonchev–Trinajstić information content (AvgIpc) is 2.28. The highest BCUT2D eigenvalue weighted by Gasteiger charge is 2.26. The van der Waals surface area contributed by atoms with Crippen LogP contribution < -0.4 is 0 Å². The molecule has 1 aromatic rings. The number of aliphatic hydroxyl groups excluding tert-OH is 1. The average molecular weight is 279 g/mol. The van der Waals surface area contributed by atoms with Crippen LogP contribution in [0.4, 0.5) is 8.78 Å². The van der Waals surface area contributed by atoms with Gasteiger partial charge in [-0.1, -0.05) is 6.92 Å². The largest absolute Gasteiger partial charge is 0.395 e. The Morgan fingerprint density at radius 3 is 2.44 bits per heavy atom. The minimum absolute atomic E-state index is 0.118. The van der Waals surface area contributed by atoms with Crippen LogP contribution in [0.1, 0.15) is 13.3 Å². The lowest BCUT2D eigenvalue weighted by atomic mass is 10.3. The van der Waals surface area contributed by atoms with E-state index < -0.39 is 26.6 Å². The molecule has 0 bridgehead atoms. The number of rotatable bonds is 6. The van der Waals surface area contributed by atoms with Gasteiger partial charge in [-0.25, -0.2) is 17.2 Å². The summed E-state index contributed by atoms with van der Waals surface area (Å²) in [6.07, 6.45) is 0.530. The van der Waals surface area contributed by atoms with Crippen molar-refractivity contribution in [1.29, 1.82) is 0 Å². The van der Waals surface area contributed by atoms with Crippen LogP contribution in [0.15, 0.2) is 23.1 Å². The van der Waals surface area contributed by atoms with E-state index in [9.17, 15) is 17.2 Å². The molecule has 0 atom stereocenters. The molecule has 0 unspecified atom stereocenters. The third kappa shape index (κ3) is 3.24. The zero-order valence-corrected chi connectivity index (χ0v) is 10.8. The first-order valence-corrected chi connectivity index (χ1v) is 6.93. The van der Waals surface area contributed by atoms with Crippen molar-refractivity contribution in [2.45, 2.75) is 18.2 Å². The van der Waals surface area contributed by atoms with Crippen molar-refractivity contribution < 1.29 is 22.3 Å². The second-order valence-electron chi connectivity index (χ2n) is 3.70. The van der Waals surface area contributed by atoms with Gasteiger partial charge < -0.3 is 5.11 Å². The quantitative estimate of drug-likeness (QED) is 0.855. The summed E-state index contributed by atoms with van der Waals surface area (Å²) in [5, 5.41) is 8.83. The summed E-state index contributed by atoms with van der Waals surface area (Å²) < 4.78 is 51.4. The number of nitrogens with zero attached hydrogens (tertiary/aromatic N) is 1. The van der Waals surface area contributed by atoms with Crippen LogP contribution >= 0.6 is 0 Å². The zero-order chi connectivity index (χ0) is 13.8. The zero-order valence-electron chi connectivity index (χ0n) is 9.94. The molecule has 0 radical (unpaired) electrons. The van der Waals surface area contributed by atoms with Gasteiger partial charge in [-0.3, -0.25) is 0 Å². The molecule has 1 N–H and O–H groups in total. The first-order valence-electron chi connectivity index (χ1n) is 5.49. The fourth-order valence-corrected chi connectivity index (χ4v) is 3.11. The molecule has 0 fully saturated rings. The SMILES string of the molecule is CCCN(CCO)S(=O)(=O)c1ccc(F)cc1F. The predicted molar refractivity (Wildman–Crippen MR) is 62.5 cm³/mol. The molecule has 0 spiro atoms. The van der Waals surface area contributed by atoms with Crippen LogP contribution in [0.25, 0.3) is 0 Å². The van der Waals surface area contributed by atoms with Crippen molar-refractivity contribution in [3.63, 3.8) is 0 Å². The Balaban J connectivity index is 3.17. The lowest BCUT2D eigenvalue weighted by molar-refractivity contribution is 0.253. The van der Waals surface area contributed by atoms with Gasteiger partial charge in [0.25, 0.3) is 0 Å². The summed E-state index contributed by atoms with van der Waals surface area (Å²) in [7, 11) is -4.04. The topological polar surface area (TPSA) is 57.6 Å². The van der Waals surface area contributed by atoms with E-state index in [4.69, 9.17) is 5.11 Å². The van der Waals surface area contributed by atoms with Gasteiger partial charge in [0, 0.05) is 19.2 Å². The Bertz CT molecular complexity index is 499. The molecule has 0 aliphatic rings. The highest BCUT2D eigenvalue weighted by molar-refractivity contribution is 7.89. The van der Waals surface area contributed by atoms with Crippen molar-refractivity contribution in [2.75, 3.05) is 19.7 Å². The summed E-state index contributed by atoms with van der Waals surface area (Å²) in [6, 6.07) is 2.30. The molecule has 102 valence electrons. The molecule has 0 amide bonds. The van der Waals surface area contributed by atoms with Gasteiger partial charge in [-0.15, -0.1) is 0 Å². The molecule has 0 saturated heterocycles. The Morgan fingerprint density at radius 1 is 1.28 bits per heavy atom. The Kier molecular flexibility index (Phi) is 5.18. The summed E-state index contributed by atoms with van der Waals surface area (Å²) in [4.78, 5) is -0.578. The molecule has 18 heavy (non-hydrogen) atoms. The fraction of sp³-hybridized carbons (Fsp3) is 0.455. The molecule has 7 heteroatoms. The highest BCUT2D eigenvalue weighted by Crippen LogP contribution is 2.20. The molecule has 0 heterocycles. The summed E-state index contributed by atoms with van der Waals surface area (Å²) >= 11 is 0.